The van der Waals surface area contributed by atoms with Crippen LogP contribution in [0.5, 0.6) is 17.2 Å². The van der Waals surface area contributed by atoms with Crippen molar-refractivity contribution in [1.82, 2.24) is 10.6 Å². The zero-order valence-corrected chi connectivity index (χ0v) is 19.6. The Morgan fingerprint density at radius 3 is 2.15 bits per heavy atom. The minimum atomic E-state index is 0. The summed E-state index contributed by atoms with van der Waals surface area (Å²) < 4.78 is 21.8. The second-order valence-electron chi connectivity index (χ2n) is 6.19. The molecule has 2 N–H and O–H groups in total. The smallest absolute Gasteiger partial charge is 0.191 e. The fourth-order valence-electron chi connectivity index (χ4n) is 2.34. The molecule has 7 nitrogen and oxygen atoms in total. The van der Waals surface area contributed by atoms with E-state index in [1.165, 1.54) is 0 Å². The van der Waals surface area contributed by atoms with Gasteiger partial charge in [-0.3, -0.25) is 4.99 Å². The Morgan fingerprint density at radius 1 is 1.04 bits per heavy atom. The van der Waals surface area contributed by atoms with Crippen LogP contribution in [0.3, 0.4) is 0 Å². The summed E-state index contributed by atoms with van der Waals surface area (Å²) in [6.45, 7) is 7.12. The molecule has 0 bridgehead atoms. The van der Waals surface area contributed by atoms with Crippen molar-refractivity contribution in [3.63, 3.8) is 0 Å². The average Bonchev–Trinajstić information content (AvgIpc) is 2.65. The molecule has 8 heteroatoms. The summed E-state index contributed by atoms with van der Waals surface area (Å²) in [5, 5.41) is 6.56. The van der Waals surface area contributed by atoms with Crippen LogP contribution < -0.4 is 24.8 Å². The quantitative estimate of drug-likeness (QED) is 0.213. The number of benzene rings is 1. The number of guanidine groups is 1. The molecule has 1 aromatic rings. The van der Waals surface area contributed by atoms with E-state index >= 15 is 0 Å². The summed E-state index contributed by atoms with van der Waals surface area (Å²) in [4.78, 5) is 4.24. The van der Waals surface area contributed by atoms with Gasteiger partial charge >= 0.3 is 0 Å². The standard InChI is InChI=1S/C19H33N3O4.HI/c1-14(2)13-26-9-7-8-21-19(20-3)22-12-16-17(24-5)10-15(23-4)11-18(16)25-6;/h10-11,14H,7-9,12-13H2,1-6H3,(H2,20,21,22);1H. The lowest BCUT2D eigenvalue weighted by atomic mass is 10.1. The Kier molecular flexibility index (Phi) is 13.8. The molecule has 0 unspecified atom stereocenters. The number of nitrogens with zero attached hydrogens (tertiary/aromatic N) is 1. The molecule has 0 spiro atoms. The van der Waals surface area contributed by atoms with Crippen LogP contribution in [0.25, 0.3) is 0 Å². The molecular weight excluding hydrogens is 461 g/mol. The molecule has 0 aliphatic rings. The van der Waals surface area contributed by atoms with Crippen molar-refractivity contribution in [1.29, 1.82) is 0 Å². The van der Waals surface area contributed by atoms with Crippen LogP contribution in [0, 0.1) is 5.92 Å². The number of ether oxygens (including phenoxy) is 4. The van der Waals surface area contributed by atoms with Gasteiger partial charge in [-0.1, -0.05) is 13.8 Å². The molecule has 0 saturated carbocycles. The topological polar surface area (TPSA) is 73.3 Å². The Labute approximate surface area is 180 Å². The predicted molar refractivity (Wildman–Crippen MR) is 120 cm³/mol. The third-order valence-electron chi connectivity index (χ3n) is 3.68. The minimum Gasteiger partial charge on any atom is -0.496 e. The average molecular weight is 495 g/mol. The van der Waals surface area contributed by atoms with Crippen LogP contribution in [0.4, 0.5) is 0 Å². The normalized spacial score (nSPS) is 11.0. The van der Waals surface area contributed by atoms with Gasteiger partial charge in [0.15, 0.2) is 5.96 Å². The maximum absolute atomic E-state index is 5.58. The molecular formula is C19H34IN3O4. The molecule has 0 amide bonds. The molecule has 1 rings (SSSR count). The monoisotopic (exact) mass is 495 g/mol. The van der Waals surface area contributed by atoms with E-state index in [2.05, 4.69) is 29.5 Å². The molecule has 0 aliphatic carbocycles. The lowest BCUT2D eigenvalue weighted by molar-refractivity contribution is 0.108. The second-order valence-corrected chi connectivity index (χ2v) is 6.19. The highest BCUT2D eigenvalue weighted by molar-refractivity contribution is 14.0. The molecule has 0 aliphatic heterocycles. The van der Waals surface area contributed by atoms with Crippen molar-refractivity contribution in [2.75, 3.05) is 48.1 Å². The first-order chi connectivity index (χ1) is 12.5. The summed E-state index contributed by atoms with van der Waals surface area (Å²) in [6, 6.07) is 3.67. The van der Waals surface area contributed by atoms with Crippen LogP contribution in [-0.4, -0.2) is 54.1 Å². The fraction of sp³-hybridized carbons (Fsp3) is 0.632. The van der Waals surface area contributed by atoms with E-state index in [9.17, 15) is 0 Å². The summed E-state index contributed by atoms with van der Waals surface area (Å²) in [5.74, 6) is 3.37. The molecule has 1 aromatic carbocycles. The maximum atomic E-state index is 5.58. The Balaban J connectivity index is 0.00000676. The van der Waals surface area contributed by atoms with E-state index in [0.717, 1.165) is 31.7 Å². The van der Waals surface area contributed by atoms with E-state index in [0.29, 0.717) is 35.7 Å². The third-order valence-corrected chi connectivity index (χ3v) is 3.68. The van der Waals surface area contributed by atoms with Crippen molar-refractivity contribution in [3.8, 4) is 17.2 Å². The first kappa shape index (κ1) is 25.6. The Hall–Kier alpha value is -1.42. The first-order valence-electron chi connectivity index (χ1n) is 8.86. The van der Waals surface area contributed by atoms with Crippen molar-refractivity contribution >= 4 is 29.9 Å². The van der Waals surface area contributed by atoms with Crippen LogP contribution in [0.1, 0.15) is 25.8 Å². The van der Waals surface area contributed by atoms with Crippen LogP contribution in [0.2, 0.25) is 0 Å². The van der Waals surface area contributed by atoms with Crippen LogP contribution in [-0.2, 0) is 11.3 Å². The van der Waals surface area contributed by atoms with Gasteiger partial charge in [-0.2, -0.15) is 0 Å². The van der Waals surface area contributed by atoms with Gasteiger partial charge in [-0.05, 0) is 12.3 Å². The van der Waals surface area contributed by atoms with Gasteiger partial charge in [0, 0.05) is 38.9 Å². The van der Waals surface area contributed by atoms with E-state index < -0.39 is 0 Å². The number of aliphatic imine (C=N–C) groups is 1. The SMILES string of the molecule is CN=C(NCCCOCC(C)C)NCc1c(OC)cc(OC)cc1OC.I. The van der Waals surface area contributed by atoms with Gasteiger partial charge in [-0.25, -0.2) is 0 Å². The number of rotatable bonds is 11. The van der Waals surface area contributed by atoms with Crippen LogP contribution >= 0.6 is 24.0 Å². The summed E-state index contributed by atoms with van der Waals surface area (Å²) in [7, 11) is 6.61. The number of hydrogen-bond donors (Lipinski definition) is 2. The minimum absolute atomic E-state index is 0. The number of nitrogens with one attached hydrogen (secondary N) is 2. The predicted octanol–water partition coefficient (Wildman–Crippen LogP) is 3.06. The van der Waals surface area contributed by atoms with Gasteiger partial charge in [-0.15, -0.1) is 24.0 Å². The van der Waals surface area contributed by atoms with Gasteiger partial charge in [0.1, 0.15) is 17.2 Å². The second kappa shape index (κ2) is 14.6. The zero-order valence-electron chi connectivity index (χ0n) is 17.3. The fourth-order valence-corrected chi connectivity index (χ4v) is 2.34. The molecule has 0 saturated heterocycles. The van der Waals surface area contributed by atoms with Gasteiger partial charge in [0.05, 0.1) is 33.4 Å². The van der Waals surface area contributed by atoms with Gasteiger partial charge in [0.2, 0.25) is 0 Å². The van der Waals surface area contributed by atoms with Crippen molar-refractivity contribution in [3.05, 3.63) is 17.7 Å². The number of halogens is 1. The highest BCUT2D eigenvalue weighted by Crippen LogP contribution is 2.33. The maximum Gasteiger partial charge on any atom is 0.191 e. The zero-order chi connectivity index (χ0) is 19.4. The molecule has 0 radical (unpaired) electrons. The highest BCUT2D eigenvalue weighted by atomic mass is 127. The van der Waals surface area contributed by atoms with E-state index in [4.69, 9.17) is 18.9 Å². The third kappa shape index (κ3) is 9.37. The van der Waals surface area contributed by atoms with Gasteiger partial charge < -0.3 is 29.6 Å². The lowest BCUT2D eigenvalue weighted by Crippen LogP contribution is -2.37. The summed E-state index contributed by atoms with van der Waals surface area (Å²) >= 11 is 0. The van der Waals surface area contributed by atoms with E-state index in [1.54, 1.807) is 28.4 Å². The summed E-state index contributed by atoms with van der Waals surface area (Å²) in [5.41, 5.74) is 0.902. The highest BCUT2D eigenvalue weighted by Gasteiger charge is 2.13. The molecule has 27 heavy (non-hydrogen) atoms. The molecule has 0 aromatic heterocycles. The van der Waals surface area contributed by atoms with Crippen molar-refractivity contribution < 1.29 is 18.9 Å². The van der Waals surface area contributed by atoms with Crippen molar-refractivity contribution in [2.24, 2.45) is 10.9 Å². The lowest BCUT2D eigenvalue weighted by Gasteiger charge is -2.17. The Morgan fingerprint density at radius 2 is 1.67 bits per heavy atom. The first-order valence-corrected chi connectivity index (χ1v) is 8.86. The van der Waals surface area contributed by atoms with Crippen molar-refractivity contribution in [2.45, 2.75) is 26.8 Å². The van der Waals surface area contributed by atoms with E-state index in [-0.39, 0.29) is 24.0 Å². The van der Waals surface area contributed by atoms with E-state index in [1.807, 2.05) is 12.1 Å². The number of methoxy groups -OCH3 is 3. The molecule has 0 atom stereocenters. The Bertz CT molecular complexity index is 543. The molecule has 0 fully saturated rings. The van der Waals surface area contributed by atoms with Crippen LogP contribution in [0.15, 0.2) is 17.1 Å². The number of hydrogen-bond acceptors (Lipinski definition) is 5. The van der Waals surface area contributed by atoms with Gasteiger partial charge in [0.25, 0.3) is 0 Å². The molecule has 0 heterocycles. The summed E-state index contributed by atoms with van der Waals surface area (Å²) in [6.07, 6.45) is 0.919. The largest absolute Gasteiger partial charge is 0.496 e. The molecule has 156 valence electrons.